The van der Waals surface area contributed by atoms with Crippen molar-refractivity contribution in [2.45, 2.75) is 47.0 Å². The Morgan fingerprint density at radius 1 is 0.673 bits per heavy atom. The summed E-state index contributed by atoms with van der Waals surface area (Å²) < 4.78 is 8.68. The molecule has 5 heterocycles. The predicted octanol–water partition coefficient (Wildman–Crippen LogP) is 11.7. The molecular weight excluding hydrogens is 860 g/mol. The number of aryl methyl sites for hydroxylation is 3. The average Bonchev–Trinajstić information content (AvgIpc) is 3.71. The maximum atomic E-state index is 6.51. The summed E-state index contributed by atoms with van der Waals surface area (Å²) in [6, 6.07) is 42.3. The number of benzene rings is 4. The van der Waals surface area contributed by atoms with Gasteiger partial charge in [-0.2, -0.15) is 12.1 Å². The van der Waals surface area contributed by atoms with E-state index in [1.165, 1.54) is 27.8 Å². The summed E-state index contributed by atoms with van der Waals surface area (Å²) in [5, 5.41) is 2.22. The molecule has 4 aromatic heterocycles. The van der Waals surface area contributed by atoms with Gasteiger partial charge in [0.1, 0.15) is 17.5 Å². The average molecular weight is 899 g/mol. The van der Waals surface area contributed by atoms with E-state index in [1.807, 2.05) is 54.3 Å². The fraction of sp³-hybridized carbons (Fsp3) is 0.149. The van der Waals surface area contributed by atoms with E-state index in [2.05, 4.69) is 136 Å². The third-order valence-corrected chi connectivity index (χ3v) is 10.1. The number of ether oxygens (including phenoxy) is 1. The van der Waals surface area contributed by atoms with Gasteiger partial charge in [0.2, 0.25) is 0 Å². The minimum atomic E-state index is -0.0170. The number of para-hydroxylation sites is 1. The summed E-state index contributed by atoms with van der Waals surface area (Å²) in [5.74, 6) is 3.57. The second-order valence-electron chi connectivity index (χ2n) is 15.0. The van der Waals surface area contributed by atoms with E-state index < -0.39 is 0 Å². The van der Waals surface area contributed by atoms with E-state index >= 15 is 0 Å². The van der Waals surface area contributed by atoms with Crippen LogP contribution in [0.3, 0.4) is 0 Å². The monoisotopic (exact) mass is 898 g/mol. The molecule has 0 unspecified atom stereocenters. The van der Waals surface area contributed by atoms with Crippen molar-refractivity contribution in [3.63, 3.8) is 0 Å². The molecular formula is C47H39N6OPt-3. The van der Waals surface area contributed by atoms with Crippen LogP contribution in [0.4, 0.5) is 23.0 Å². The van der Waals surface area contributed by atoms with Gasteiger partial charge in [0.25, 0.3) is 0 Å². The Morgan fingerprint density at radius 2 is 1.47 bits per heavy atom. The first kappa shape index (κ1) is 36.2. The first-order chi connectivity index (χ1) is 26.1. The summed E-state index contributed by atoms with van der Waals surface area (Å²) in [6.07, 6.45) is 5.64. The van der Waals surface area contributed by atoms with Gasteiger partial charge in [-0.05, 0) is 96.3 Å². The van der Waals surface area contributed by atoms with E-state index in [0.717, 1.165) is 56.2 Å². The van der Waals surface area contributed by atoms with Crippen molar-refractivity contribution >= 4 is 44.8 Å². The molecule has 0 aliphatic carbocycles. The van der Waals surface area contributed by atoms with Crippen LogP contribution in [-0.2, 0) is 26.5 Å². The molecule has 9 rings (SSSR count). The number of anilines is 4. The summed E-state index contributed by atoms with van der Waals surface area (Å²) in [7, 11) is 0. The third-order valence-electron chi connectivity index (χ3n) is 10.1. The Kier molecular flexibility index (Phi) is 9.30. The standard InChI is InChI=1S/C47H39N6O.Pt/c1-30-23-31(2)45(32(3)24-30)33-16-19-43(50-28-33)52-29-51(41-15-10-21-49-46(41)52)35-11-9-12-36(26-35)54-37-17-18-39-38-13-7-8-14-40(38)53(42(39)27-37)44-25-34(20-22-48-44)47(4,5)6;/h7-25,28-29H,1-6H3;/q-3;. The first-order valence-corrected chi connectivity index (χ1v) is 18.2. The predicted molar refractivity (Wildman–Crippen MR) is 218 cm³/mol. The van der Waals surface area contributed by atoms with Crippen LogP contribution < -0.4 is 14.5 Å². The molecule has 0 atom stereocenters. The molecule has 8 heteroatoms. The topological polar surface area (TPSA) is 59.3 Å². The van der Waals surface area contributed by atoms with Gasteiger partial charge in [0, 0.05) is 62.2 Å². The van der Waals surface area contributed by atoms with Gasteiger partial charge >= 0.3 is 0 Å². The van der Waals surface area contributed by atoms with Crippen LogP contribution in [0.25, 0.3) is 38.8 Å². The first-order valence-electron chi connectivity index (χ1n) is 18.2. The van der Waals surface area contributed by atoms with Gasteiger partial charge in [0.05, 0.1) is 5.69 Å². The Morgan fingerprint density at radius 3 is 2.25 bits per heavy atom. The molecule has 0 radical (unpaired) electrons. The molecule has 0 saturated carbocycles. The van der Waals surface area contributed by atoms with E-state index in [1.54, 1.807) is 6.20 Å². The zero-order valence-corrected chi connectivity index (χ0v) is 33.8. The normalized spacial score (nSPS) is 12.6. The zero-order chi connectivity index (χ0) is 37.1. The quantitative estimate of drug-likeness (QED) is 0.155. The van der Waals surface area contributed by atoms with Gasteiger partial charge in [-0.1, -0.05) is 62.2 Å². The number of nitrogens with zero attached hydrogens (tertiary/aromatic N) is 6. The molecule has 0 fully saturated rings. The summed E-state index contributed by atoms with van der Waals surface area (Å²) in [5.41, 5.74) is 11.0. The maximum absolute atomic E-state index is 6.51. The van der Waals surface area contributed by atoms with Crippen LogP contribution in [0.2, 0.25) is 0 Å². The van der Waals surface area contributed by atoms with Crippen molar-refractivity contribution in [2.75, 3.05) is 9.80 Å². The molecule has 55 heavy (non-hydrogen) atoms. The van der Waals surface area contributed by atoms with Gasteiger partial charge in [-0.25, -0.2) is 15.0 Å². The minimum absolute atomic E-state index is 0. The fourth-order valence-electron chi connectivity index (χ4n) is 7.60. The number of fused-ring (bicyclic) bond motifs is 4. The fourth-order valence-corrected chi connectivity index (χ4v) is 7.60. The smallest absolute Gasteiger partial charge is 0.135 e. The molecule has 276 valence electrons. The van der Waals surface area contributed by atoms with E-state index in [-0.39, 0.29) is 26.5 Å². The molecule has 0 amide bonds. The molecule has 7 nitrogen and oxygen atoms in total. The number of rotatable bonds is 6. The molecule has 0 bridgehead atoms. The van der Waals surface area contributed by atoms with Crippen molar-refractivity contribution < 1.29 is 25.8 Å². The van der Waals surface area contributed by atoms with Gasteiger partial charge < -0.3 is 19.1 Å². The molecule has 1 aliphatic heterocycles. The summed E-state index contributed by atoms with van der Waals surface area (Å²) >= 11 is 0. The zero-order valence-electron chi connectivity index (χ0n) is 31.5. The number of pyridine rings is 3. The molecule has 8 aromatic rings. The van der Waals surface area contributed by atoms with Crippen molar-refractivity contribution in [3.8, 4) is 28.4 Å². The van der Waals surface area contributed by atoms with E-state index in [9.17, 15) is 0 Å². The molecule has 0 spiro atoms. The van der Waals surface area contributed by atoms with Crippen LogP contribution >= 0.6 is 0 Å². The van der Waals surface area contributed by atoms with Gasteiger partial charge in [-0.3, -0.25) is 0 Å². The van der Waals surface area contributed by atoms with Crippen molar-refractivity contribution in [2.24, 2.45) is 0 Å². The Balaban J connectivity index is 0.00000427. The van der Waals surface area contributed by atoms with E-state index in [4.69, 9.17) is 19.7 Å². The number of hydrogen-bond acceptors (Lipinski definition) is 6. The van der Waals surface area contributed by atoms with Gasteiger partial charge in [0.15, 0.2) is 0 Å². The Hall–Kier alpha value is -5.78. The Bertz CT molecular complexity index is 2690. The Labute approximate surface area is 336 Å². The molecule has 0 N–H and O–H groups in total. The van der Waals surface area contributed by atoms with Gasteiger partial charge in [-0.15, -0.1) is 48.1 Å². The third kappa shape index (κ3) is 6.57. The SMILES string of the molecule is Cc1cc(C)c(-c2ccc(N3[CH-]N(c4[c-]c(Oc5[c-]c6c(cc5)c5ccccc5n6-c5cc(C(C)(C)C)ccn5)ccc4)c4cccnc43)nc2)c(C)c1.[Pt]. The number of hydrogen-bond donors (Lipinski definition) is 0. The second kappa shape index (κ2) is 14.1. The van der Waals surface area contributed by atoms with Crippen LogP contribution in [0.15, 0.2) is 122 Å². The van der Waals surface area contributed by atoms with Crippen molar-refractivity contribution in [3.05, 3.63) is 163 Å². The van der Waals surface area contributed by atoms with Crippen LogP contribution in [0.5, 0.6) is 11.5 Å². The summed E-state index contributed by atoms with van der Waals surface area (Å²) in [4.78, 5) is 18.6. The van der Waals surface area contributed by atoms with Crippen molar-refractivity contribution in [1.29, 1.82) is 0 Å². The van der Waals surface area contributed by atoms with Crippen LogP contribution in [0.1, 0.15) is 43.0 Å². The largest absolute Gasteiger partial charge is 0.509 e. The minimum Gasteiger partial charge on any atom is -0.509 e. The van der Waals surface area contributed by atoms with Crippen molar-refractivity contribution in [1.82, 2.24) is 19.5 Å². The van der Waals surface area contributed by atoms with Crippen LogP contribution in [0, 0.1) is 39.6 Å². The summed E-state index contributed by atoms with van der Waals surface area (Å²) in [6.45, 7) is 15.1. The molecule has 0 saturated heterocycles. The maximum Gasteiger partial charge on any atom is 0.135 e. The van der Waals surface area contributed by atoms with Crippen LogP contribution in [-0.4, -0.2) is 19.5 Å². The number of aromatic nitrogens is 4. The molecule has 1 aliphatic rings. The van der Waals surface area contributed by atoms with E-state index in [0.29, 0.717) is 11.5 Å². The molecule has 4 aromatic carbocycles. The second-order valence-corrected chi connectivity index (χ2v) is 15.0.